The van der Waals surface area contributed by atoms with Gasteiger partial charge in [0.25, 0.3) is 0 Å². The highest BCUT2D eigenvalue weighted by Gasteiger charge is 2.52. The predicted molar refractivity (Wildman–Crippen MR) is 152 cm³/mol. The number of esters is 2. The van der Waals surface area contributed by atoms with Crippen LogP contribution in [0.5, 0.6) is 0 Å². The Bertz CT molecular complexity index is 813. The van der Waals surface area contributed by atoms with E-state index in [2.05, 4.69) is 27.7 Å². The van der Waals surface area contributed by atoms with E-state index in [1.165, 1.54) is 0 Å². The van der Waals surface area contributed by atoms with Crippen molar-refractivity contribution in [2.45, 2.75) is 167 Å². The number of hydrogen-bond donors (Lipinski definition) is 2. The zero-order chi connectivity index (χ0) is 30.9. The van der Waals surface area contributed by atoms with Gasteiger partial charge < -0.3 is 19.7 Å². The number of carbonyl (C=O) groups excluding carboxylic acids is 2. The highest BCUT2D eigenvalue weighted by Crippen LogP contribution is 2.42. The van der Waals surface area contributed by atoms with Crippen molar-refractivity contribution >= 4 is 11.9 Å². The molecule has 2 saturated heterocycles. The maximum atomic E-state index is 12.8. The zero-order valence-corrected chi connectivity index (χ0v) is 27.0. The number of piperidine rings is 2. The highest BCUT2D eigenvalue weighted by atomic mass is 16.7. The molecule has 0 aliphatic carbocycles. The minimum atomic E-state index is -1.00. The molecule has 2 aliphatic heterocycles. The van der Waals surface area contributed by atoms with Crippen LogP contribution in [0, 0.1) is 0 Å². The van der Waals surface area contributed by atoms with Crippen LogP contribution in [0.15, 0.2) is 0 Å². The van der Waals surface area contributed by atoms with Crippen LogP contribution in [0.3, 0.4) is 0 Å². The Labute approximate surface area is 241 Å². The van der Waals surface area contributed by atoms with E-state index < -0.39 is 46.4 Å². The zero-order valence-electron chi connectivity index (χ0n) is 27.0. The predicted octanol–water partition coefficient (Wildman–Crippen LogP) is 4.30. The Morgan fingerprint density at radius 3 is 1.25 bits per heavy atom. The first kappa shape index (κ1) is 34.9. The standard InChI is InChI=1S/C30H56N2O8/c1-25(2)17-15-21(29(9,10)31(25)37-19-27(5,6)35)39-23(33)13-14-24(34)40-22-16-18-26(3,4)32(30(22,11)12)38-20-28(7,8)36/h21-22,35-36H,13-20H2,1-12H3. The van der Waals surface area contributed by atoms with Crippen LogP contribution < -0.4 is 0 Å². The summed E-state index contributed by atoms with van der Waals surface area (Å²) in [5.41, 5.74) is -3.92. The number of aliphatic hydroxyl groups is 2. The monoisotopic (exact) mass is 572 g/mol. The fraction of sp³-hybridized carbons (Fsp3) is 0.933. The molecule has 10 nitrogen and oxygen atoms in total. The summed E-state index contributed by atoms with van der Waals surface area (Å²) in [7, 11) is 0. The van der Waals surface area contributed by atoms with Crippen molar-refractivity contribution in [1.82, 2.24) is 10.1 Å². The van der Waals surface area contributed by atoms with Crippen LogP contribution in [0.1, 0.15) is 122 Å². The summed E-state index contributed by atoms with van der Waals surface area (Å²) in [4.78, 5) is 37.8. The third kappa shape index (κ3) is 9.10. The van der Waals surface area contributed by atoms with Crippen molar-refractivity contribution in [1.29, 1.82) is 0 Å². The third-order valence-electron chi connectivity index (χ3n) is 7.93. The molecule has 2 heterocycles. The minimum Gasteiger partial charge on any atom is -0.460 e. The Balaban J connectivity index is 1.97. The molecule has 0 saturated carbocycles. The second-order valence-corrected chi connectivity index (χ2v) is 15.2. The normalized spacial score (nSPS) is 26.8. The summed E-state index contributed by atoms with van der Waals surface area (Å²) >= 11 is 0. The van der Waals surface area contributed by atoms with E-state index in [0.717, 1.165) is 12.8 Å². The van der Waals surface area contributed by atoms with Gasteiger partial charge in [-0.15, -0.1) is 0 Å². The van der Waals surface area contributed by atoms with Gasteiger partial charge in [-0.25, -0.2) is 0 Å². The number of rotatable bonds is 11. The smallest absolute Gasteiger partial charge is 0.306 e. The molecular weight excluding hydrogens is 516 g/mol. The molecule has 234 valence electrons. The van der Waals surface area contributed by atoms with Crippen LogP contribution in [0.25, 0.3) is 0 Å². The van der Waals surface area contributed by atoms with Crippen LogP contribution >= 0.6 is 0 Å². The largest absolute Gasteiger partial charge is 0.460 e. The van der Waals surface area contributed by atoms with Gasteiger partial charge in [0.15, 0.2) is 0 Å². The van der Waals surface area contributed by atoms with E-state index in [1.807, 2.05) is 37.8 Å². The SMILES string of the molecule is CC(C)(O)CON1C(C)(C)CCC(OC(=O)CCC(=O)OC2CCC(C)(C)N(OCC(C)(C)O)C2(C)C)C1(C)C. The van der Waals surface area contributed by atoms with Crippen molar-refractivity contribution in [3.63, 3.8) is 0 Å². The minimum absolute atomic E-state index is 0.0864. The van der Waals surface area contributed by atoms with Crippen molar-refractivity contribution in [2.75, 3.05) is 13.2 Å². The van der Waals surface area contributed by atoms with Gasteiger partial charge in [-0.05, 0) is 109 Å². The average Bonchev–Trinajstić information content (AvgIpc) is 2.74. The molecule has 0 aromatic heterocycles. The van der Waals surface area contributed by atoms with Gasteiger partial charge in [-0.3, -0.25) is 19.3 Å². The molecule has 2 unspecified atom stereocenters. The molecule has 2 fully saturated rings. The number of ether oxygens (including phenoxy) is 2. The molecule has 0 amide bonds. The highest BCUT2D eigenvalue weighted by molar-refractivity contribution is 5.78. The van der Waals surface area contributed by atoms with Gasteiger partial charge in [0.1, 0.15) is 12.2 Å². The summed E-state index contributed by atoms with van der Waals surface area (Å²) < 4.78 is 11.7. The van der Waals surface area contributed by atoms with Crippen molar-refractivity contribution < 1.29 is 39.0 Å². The molecule has 0 aromatic rings. The number of nitrogens with zero attached hydrogens (tertiary/aromatic N) is 2. The second kappa shape index (κ2) is 12.1. The number of carbonyl (C=O) groups is 2. The molecule has 2 N–H and O–H groups in total. The van der Waals surface area contributed by atoms with Crippen LogP contribution in [-0.4, -0.2) is 91.1 Å². The number of hydrogen-bond acceptors (Lipinski definition) is 10. The van der Waals surface area contributed by atoms with Crippen molar-refractivity contribution in [2.24, 2.45) is 0 Å². The molecule has 2 aliphatic rings. The fourth-order valence-corrected chi connectivity index (χ4v) is 5.87. The first-order chi connectivity index (χ1) is 17.9. The second-order valence-electron chi connectivity index (χ2n) is 15.2. The van der Waals surface area contributed by atoms with Crippen molar-refractivity contribution in [3.8, 4) is 0 Å². The molecule has 2 atom stereocenters. The van der Waals surface area contributed by atoms with Crippen LogP contribution in [0.2, 0.25) is 0 Å². The lowest BCUT2D eigenvalue weighted by molar-refractivity contribution is -0.316. The molecule has 2 rings (SSSR count). The lowest BCUT2D eigenvalue weighted by Crippen LogP contribution is -2.65. The molecule has 0 bridgehead atoms. The maximum Gasteiger partial charge on any atom is 0.306 e. The van der Waals surface area contributed by atoms with E-state index in [1.54, 1.807) is 27.7 Å². The Morgan fingerprint density at radius 1 is 0.675 bits per heavy atom. The van der Waals surface area contributed by atoms with Gasteiger partial charge in [0.2, 0.25) is 0 Å². The van der Waals surface area contributed by atoms with Crippen molar-refractivity contribution in [3.05, 3.63) is 0 Å². The molecule has 10 heteroatoms. The first-order valence-corrected chi connectivity index (χ1v) is 14.6. The Kier molecular flexibility index (Phi) is 10.6. The van der Waals surface area contributed by atoms with Crippen LogP contribution in [-0.2, 0) is 28.7 Å². The van der Waals surface area contributed by atoms with E-state index in [0.29, 0.717) is 12.8 Å². The quantitative estimate of drug-likeness (QED) is 0.347. The lowest BCUT2D eigenvalue weighted by Gasteiger charge is -2.54. The van der Waals surface area contributed by atoms with Gasteiger partial charge in [0, 0.05) is 11.1 Å². The maximum absolute atomic E-state index is 12.8. The molecule has 0 aromatic carbocycles. The number of hydroxylamine groups is 4. The summed E-state index contributed by atoms with van der Waals surface area (Å²) in [6.45, 7) is 23.1. The van der Waals surface area contributed by atoms with Gasteiger partial charge in [0.05, 0.1) is 48.3 Å². The Morgan fingerprint density at radius 2 is 0.975 bits per heavy atom. The molecule has 0 radical (unpaired) electrons. The van der Waals surface area contributed by atoms with E-state index in [4.69, 9.17) is 19.1 Å². The summed E-state index contributed by atoms with van der Waals surface area (Å²) in [5, 5.41) is 24.0. The fourth-order valence-electron chi connectivity index (χ4n) is 5.87. The topological polar surface area (TPSA) is 118 Å². The summed E-state index contributed by atoms with van der Waals surface area (Å²) in [5.74, 6) is -0.923. The van der Waals surface area contributed by atoms with Gasteiger partial charge >= 0.3 is 11.9 Å². The molecular formula is C30H56N2O8. The summed E-state index contributed by atoms with van der Waals surface area (Å²) in [6, 6.07) is 0. The van der Waals surface area contributed by atoms with E-state index >= 15 is 0 Å². The van der Waals surface area contributed by atoms with Crippen LogP contribution in [0.4, 0.5) is 0 Å². The summed E-state index contributed by atoms with van der Waals surface area (Å²) in [6.07, 6.45) is 1.74. The van der Waals surface area contributed by atoms with Gasteiger partial charge in [-0.1, -0.05) is 0 Å². The molecule has 40 heavy (non-hydrogen) atoms. The average molecular weight is 573 g/mol. The van der Waals surface area contributed by atoms with Gasteiger partial charge in [-0.2, -0.15) is 10.1 Å². The Hall–Kier alpha value is -1.30. The molecule has 0 spiro atoms. The third-order valence-corrected chi connectivity index (χ3v) is 7.93. The lowest BCUT2D eigenvalue weighted by atomic mass is 9.79. The van der Waals surface area contributed by atoms with E-state index in [9.17, 15) is 19.8 Å². The van der Waals surface area contributed by atoms with E-state index in [-0.39, 0.29) is 37.1 Å². The first-order valence-electron chi connectivity index (χ1n) is 14.6.